The molecule has 0 spiro atoms. The van der Waals surface area contributed by atoms with Gasteiger partial charge in [0.05, 0.1) is 0 Å². The first-order valence-electron chi connectivity index (χ1n) is 6.88. The van der Waals surface area contributed by atoms with E-state index >= 15 is 0 Å². The predicted molar refractivity (Wildman–Crippen MR) is 86.5 cm³/mol. The number of hydrogen-bond donors (Lipinski definition) is 1. The van der Waals surface area contributed by atoms with Crippen molar-refractivity contribution in [3.8, 4) is 11.5 Å². The highest BCUT2D eigenvalue weighted by atomic mass is 35.5. The zero-order valence-corrected chi connectivity index (χ0v) is 13.1. The lowest BCUT2D eigenvalue weighted by Crippen LogP contribution is -2.18. The van der Waals surface area contributed by atoms with Crippen molar-refractivity contribution in [3.63, 3.8) is 0 Å². The van der Waals surface area contributed by atoms with Crippen LogP contribution in [-0.4, -0.2) is 13.8 Å². The van der Waals surface area contributed by atoms with Crippen LogP contribution in [0.15, 0.2) is 42.5 Å². The van der Waals surface area contributed by atoms with Crippen LogP contribution in [0.3, 0.4) is 0 Å². The molecule has 0 saturated heterocycles. The van der Waals surface area contributed by atoms with Crippen molar-refractivity contribution in [2.24, 2.45) is 0 Å². The number of fused-ring (bicyclic) bond motifs is 1. The zero-order valence-electron chi connectivity index (χ0n) is 12.3. The van der Waals surface area contributed by atoms with Gasteiger partial charge >= 0.3 is 0 Å². The number of benzene rings is 2. The van der Waals surface area contributed by atoms with Crippen molar-refractivity contribution < 1.29 is 9.47 Å². The second-order valence-corrected chi connectivity index (χ2v) is 5.15. The quantitative estimate of drug-likeness (QED) is 0.935. The monoisotopic (exact) mass is 305 g/mol. The van der Waals surface area contributed by atoms with Gasteiger partial charge in [-0.05, 0) is 43.7 Å². The maximum Gasteiger partial charge on any atom is 0.231 e. The molecule has 1 atom stereocenters. The molecule has 0 aliphatic carbocycles. The highest BCUT2D eigenvalue weighted by Crippen LogP contribution is 2.33. The average molecular weight is 306 g/mol. The Balaban J connectivity index is 0.00000161. The van der Waals surface area contributed by atoms with E-state index in [2.05, 4.69) is 48.6 Å². The first-order chi connectivity index (χ1) is 9.76. The van der Waals surface area contributed by atoms with Gasteiger partial charge in [0.25, 0.3) is 0 Å². The molecule has 3 nitrogen and oxygen atoms in total. The highest BCUT2D eigenvalue weighted by Gasteiger charge is 2.16. The summed E-state index contributed by atoms with van der Waals surface area (Å²) in [7, 11) is 2.00. The Bertz CT molecular complexity index is 615. The summed E-state index contributed by atoms with van der Waals surface area (Å²) in [5.74, 6) is 1.69. The fourth-order valence-electron chi connectivity index (χ4n) is 2.58. The molecule has 21 heavy (non-hydrogen) atoms. The molecule has 3 rings (SSSR count). The van der Waals surface area contributed by atoms with Gasteiger partial charge in [-0.25, -0.2) is 0 Å². The number of likely N-dealkylation sites (N-methyl/N-ethyl adjacent to an activating group) is 1. The zero-order chi connectivity index (χ0) is 13.9. The molecule has 2 aromatic carbocycles. The number of aryl methyl sites for hydroxylation is 1. The summed E-state index contributed by atoms with van der Waals surface area (Å²) >= 11 is 0. The fourth-order valence-corrected chi connectivity index (χ4v) is 2.58. The van der Waals surface area contributed by atoms with Gasteiger partial charge in [0.2, 0.25) is 6.79 Å². The number of nitrogens with one attached hydrogen (secondary N) is 1. The lowest BCUT2D eigenvalue weighted by molar-refractivity contribution is 0.174. The van der Waals surface area contributed by atoms with E-state index in [1.54, 1.807) is 0 Å². The van der Waals surface area contributed by atoms with Crippen LogP contribution < -0.4 is 14.8 Å². The van der Waals surface area contributed by atoms with Gasteiger partial charge in [-0.15, -0.1) is 12.4 Å². The van der Waals surface area contributed by atoms with E-state index in [0.717, 1.165) is 17.9 Å². The molecule has 112 valence electrons. The number of halogens is 1. The SMILES string of the molecule is CNC(Cc1ccc2c(c1)OCO2)c1cccc(C)c1.Cl. The second kappa shape index (κ2) is 6.83. The van der Waals surface area contributed by atoms with Crippen molar-refractivity contribution in [1.82, 2.24) is 5.32 Å². The molecule has 1 N–H and O–H groups in total. The van der Waals surface area contributed by atoms with Crippen molar-refractivity contribution in [2.75, 3.05) is 13.8 Å². The van der Waals surface area contributed by atoms with Gasteiger partial charge in [-0.2, -0.15) is 0 Å². The Morgan fingerprint density at radius 3 is 2.67 bits per heavy atom. The highest BCUT2D eigenvalue weighted by molar-refractivity contribution is 5.85. The lowest BCUT2D eigenvalue weighted by atomic mass is 9.97. The molecule has 4 heteroatoms. The van der Waals surface area contributed by atoms with Crippen LogP contribution in [0, 0.1) is 6.92 Å². The van der Waals surface area contributed by atoms with Gasteiger partial charge in [-0.1, -0.05) is 35.9 Å². The normalized spacial score (nSPS) is 13.6. The summed E-state index contributed by atoms with van der Waals surface area (Å²) in [6.07, 6.45) is 0.927. The van der Waals surface area contributed by atoms with Crippen LogP contribution in [0.5, 0.6) is 11.5 Å². The minimum absolute atomic E-state index is 0. The van der Waals surface area contributed by atoms with Crippen LogP contribution >= 0.6 is 12.4 Å². The van der Waals surface area contributed by atoms with E-state index in [9.17, 15) is 0 Å². The Hall–Kier alpha value is -1.71. The van der Waals surface area contributed by atoms with E-state index in [4.69, 9.17) is 9.47 Å². The third-order valence-corrected chi connectivity index (χ3v) is 3.67. The third-order valence-electron chi connectivity index (χ3n) is 3.67. The Morgan fingerprint density at radius 2 is 1.90 bits per heavy atom. The second-order valence-electron chi connectivity index (χ2n) is 5.15. The van der Waals surface area contributed by atoms with Crippen LogP contribution in [0.2, 0.25) is 0 Å². The molecular weight excluding hydrogens is 286 g/mol. The summed E-state index contributed by atoms with van der Waals surface area (Å²) in [4.78, 5) is 0. The lowest BCUT2D eigenvalue weighted by Gasteiger charge is -2.17. The van der Waals surface area contributed by atoms with E-state index in [1.807, 2.05) is 13.1 Å². The molecule has 1 aliphatic heterocycles. The minimum atomic E-state index is 0. The largest absolute Gasteiger partial charge is 0.454 e. The van der Waals surface area contributed by atoms with E-state index < -0.39 is 0 Å². The Kier molecular flexibility index (Phi) is 5.10. The molecular formula is C17H20ClNO2. The molecule has 1 heterocycles. The number of hydrogen-bond acceptors (Lipinski definition) is 3. The Morgan fingerprint density at radius 1 is 1.10 bits per heavy atom. The summed E-state index contributed by atoms with van der Waals surface area (Å²) in [6, 6.07) is 15.1. The molecule has 2 aromatic rings. The van der Waals surface area contributed by atoms with Crippen LogP contribution in [0.1, 0.15) is 22.7 Å². The van der Waals surface area contributed by atoms with Gasteiger partial charge in [0.15, 0.2) is 11.5 Å². The summed E-state index contributed by atoms with van der Waals surface area (Å²) in [5.41, 5.74) is 3.84. The van der Waals surface area contributed by atoms with Crippen molar-refractivity contribution in [1.29, 1.82) is 0 Å². The number of ether oxygens (including phenoxy) is 2. The molecule has 1 unspecified atom stereocenters. The standard InChI is InChI=1S/C17H19NO2.ClH/c1-12-4-3-5-14(8-12)15(18-2)9-13-6-7-16-17(10-13)20-11-19-16;/h3-8,10,15,18H,9,11H2,1-2H3;1H. The maximum atomic E-state index is 5.44. The van der Waals surface area contributed by atoms with E-state index in [0.29, 0.717) is 12.8 Å². The molecule has 0 saturated carbocycles. The van der Waals surface area contributed by atoms with Crippen LogP contribution in [-0.2, 0) is 6.42 Å². The molecule has 0 fully saturated rings. The molecule has 0 amide bonds. The summed E-state index contributed by atoms with van der Waals surface area (Å²) < 4.78 is 10.8. The molecule has 0 radical (unpaired) electrons. The summed E-state index contributed by atoms with van der Waals surface area (Å²) in [5, 5.41) is 3.39. The smallest absolute Gasteiger partial charge is 0.231 e. The van der Waals surface area contributed by atoms with Crippen molar-refractivity contribution in [3.05, 3.63) is 59.2 Å². The third kappa shape index (κ3) is 3.49. The molecule has 1 aliphatic rings. The van der Waals surface area contributed by atoms with Gasteiger partial charge < -0.3 is 14.8 Å². The van der Waals surface area contributed by atoms with Gasteiger partial charge in [0, 0.05) is 6.04 Å². The Labute approximate surface area is 131 Å². The predicted octanol–water partition coefficient (Wildman–Crippen LogP) is 3.65. The average Bonchev–Trinajstić information content (AvgIpc) is 2.92. The topological polar surface area (TPSA) is 30.5 Å². The maximum absolute atomic E-state index is 5.44. The number of rotatable bonds is 4. The van der Waals surface area contributed by atoms with Crippen LogP contribution in [0.4, 0.5) is 0 Å². The van der Waals surface area contributed by atoms with E-state index in [1.165, 1.54) is 16.7 Å². The van der Waals surface area contributed by atoms with Gasteiger partial charge in [0.1, 0.15) is 0 Å². The van der Waals surface area contributed by atoms with Crippen LogP contribution in [0.25, 0.3) is 0 Å². The van der Waals surface area contributed by atoms with E-state index in [-0.39, 0.29) is 12.4 Å². The van der Waals surface area contributed by atoms with Gasteiger partial charge in [-0.3, -0.25) is 0 Å². The first kappa shape index (κ1) is 15.7. The summed E-state index contributed by atoms with van der Waals surface area (Å²) in [6.45, 7) is 2.45. The minimum Gasteiger partial charge on any atom is -0.454 e. The molecule has 0 aromatic heterocycles. The first-order valence-corrected chi connectivity index (χ1v) is 6.88. The van der Waals surface area contributed by atoms with Crippen molar-refractivity contribution >= 4 is 12.4 Å². The fraction of sp³-hybridized carbons (Fsp3) is 0.294. The molecule has 0 bridgehead atoms. The van der Waals surface area contributed by atoms with Crippen molar-refractivity contribution in [2.45, 2.75) is 19.4 Å².